The Labute approximate surface area is 548 Å². The van der Waals surface area contributed by atoms with Gasteiger partial charge in [0.25, 0.3) is 0 Å². The first kappa shape index (κ1) is 71.2. The molecular formula is C76H92O13Si3. The van der Waals surface area contributed by atoms with Crippen molar-refractivity contribution >= 4 is 43.7 Å². The summed E-state index contributed by atoms with van der Waals surface area (Å²) in [5, 5.41) is 0. The van der Waals surface area contributed by atoms with Crippen LogP contribution in [-0.2, 0) is 30.9 Å². The molecule has 0 saturated carbocycles. The smallest absolute Gasteiger partial charge is 0.493 e. The predicted molar refractivity (Wildman–Crippen MR) is 373 cm³/mol. The van der Waals surface area contributed by atoms with E-state index >= 15 is 0 Å². The Morgan fingerprint density at radius 2 is 0.685 bits per heavy atom. The molecule has 0 aliphatic rings. The number of hydrogen-bond donors (Lipinski definition) is 0. The second-order valence-corrected chi connectivity index (χ2v) is 38.8. The number of hydrogen-bond acceptors (Lipinski definition) is 13. The maximum Gasteiger partial charge on any atom is 0.519 e. The van der Waals surface area contributed by atoms with Crippen LogP contribution in [0.25, 0.3) is 0 Å². The van der Waals surface area contributed by atoms with Gasteiger partial charge in [0.2, 0.25) is 0 Å². The summed E-state index contributed by atoms with van der Waals surface area (Å²) < 4.78 is 56.9. The van der Waals surface area contributed by atoms with Gasteiger partial charge in [0.05, 0.1) is 14.2 Å². The summed E-state index contributed by atoms with van der Waals surface area (Å²) in [5.41, 5.74) is 7.94. The minimum atomic E-state index is -2.20. The zero-order valence-corrected chi connectivity index (χ0v) is 59.5. The number of carbonyl (C=O) groups excluding carboxylic acids is 3. The quantitative estimate of drug-likeness (QED) is 0.0304. The van der Waals surface area contributed by atoms with E-state index in [1.807, 2.05) is 110 Å². The van der Waals surface area contributed by atoms with Crippen molar-refractivity contribution in [2.75, 3.05) is 14.2 Å². The number of benzene rings is 8. The molecule has 0 fully saturated rings. The Morgan fingerprint density at radius 1 is 0.370 bits per heavy atom. The third-order valence-corrected chi connectivity index (χ3v) is 27.9. The lowest BCUT2D eigenvalue weighted by molar-refractivity contribution is 0.149. The van der Waals surface area contributed by atoms with Gasteiger partial charge in [-0.05, 0) is 188 Å². The van der Waals surface area contributed by atoms with Crippen molar-refractivity contribution in [2.45, 2.75) is 149 Å². The average Bonchev–Trinajstić information content (AvgIpc) is 0.854. The van der Waals surface area contributed by atoms with Gasteiger partial charge in [0.1, 0.15) is 23.0 Å². The van der Waals surface area contributed by atoms with E-state index in [4.69, 9.17) is 46.1 Å². The van der Waals surface area contributed by atoms with Gasteiger partial charge in [-0.2, -0.15) is 0 Å². The number of unbranched alkanes of at least 4 members (excludes halogenated alkanes) is 1. The van der Waals surface area contributed by atoms with Crippen LogP contribution < -0.4 is 37.9 Å². The fourth-order valence-corrected chi connectivity index (χ4v) is 25.4. The Hall–Kier alpha value is -8.26. The lowest BCUT2D eigenvalue weighted by Gasteiger charge is -2.38. The van der Waals surface area contributed by atoms with Crippen LogP contribution >= 0.6 is 0 Å². The van der Waals surface area contributed by atoms with E-state index in [0.29, 0.717) is 40.2 Å². The van der Waals surface area contributed by atoms with Gasteiger partial charge in [0, 0.05) is 16.2 Å². The van der Waals surface area contributed by atoms with Crippen LogP contribution in [0.2, 0.25) is 51.4 Å². The minimum Gasteiger partial charge on any atom is -0.493 e. The van der Waals surface area contributed by atoms with Crippen molar-refractivity contribution in [1.29, 1.82) is 0 Å². The molecule has 16 heteroatoms. The second kappa shape index (κ2) is 31.4. The normalized spacial score (nSPS) is 12.0. The maximum absolute atomic E-state index is 12.7. The molecular weight excluding hydrogens is 1210 g/mol. The Bertz CT molecular complexity index is 3680. The fraction of sp³-hybridized carbons (Fsp3) is 0.329. The van der Waals surface area contributed by atoms with Crippen molar-refractivity contribution in [3.8, 4) is 46.0 Å². The molecule has 0 aliphatic carbocycles. The summed E-state index contributed by atoms with van der Waals surface area (Å²) in [4.78, 5) is 37.6. The first-order valence-electron chi connectivity index (χ1n) is 31.5. The number of aryl methyl sites for hydroxylation is 2. The third kappa shape index (κ3) is 20.4. The van der Waals surface area contributed by atoms with E-state index in [1.54, 1.807) is 73.8 Å². The summed E-state index contributed by atoms with van der Waals surface area (Å²) in [7, 11) is -2.74. The van der Waals surface area contributed by atoms with Crippen molar-refractivity contribution in [3.63, 3.8) is 0 Å². The average molecular weight is 1300 g/mol. The SMILES string of the molecule is CCCC[Si](C)(C)O[Si](C)(C)O[Si](C)(C)CCCc1ccc(OC(=O)Oc2ccc(C(C)(C)c3ccccc3)cc2)c(OC)c1.COc1cc(C)ccc1OC(=O)Oc1ccc(C(C)(C)c2ccc(OC(=O)Oc3ccc(C(C)(C)c4ccccc4)cc3)cc2)cc1. The third-order valence-electron chi connectivity index (χ3n) is 16.5. The van der Waals surface area contributed by atoms with Crippen molar-refractivity contribution in [3.05, 3.63) is 239 Å². The van der Waals surface area contributed by atoms with Gasteiger partial charge in [-0.1, -0.05) is 183 Å². The highest BCUT2D eigenvalue weighted by atomic mass is 28.5. The van der Waals surface area contributed by atoms with E-state index in [2.05, 4.69) is 112 Å². The van der Waals surface area contributed by atoms with Crippen LogP contribution in [0.5, 0.6) is 46.0 Å². The van der Waals surface area contributed by atoms with Crippen molar-refractivity contribution in [2.24, 2.45) is 0 Å². The fourth-order valence-electron chi connectivity index (χ4n) is 11.2. The molecule has 13 nitrogen and oxygen atoms in total. The molecule has 0 spiro atoms. The molecule has 0 bridgehead atoms. The summed E-state index contributed by atoms with van der Waals surface area (Å²) in [6.45, 7) is 30.6. The van der Waals surface area contributed by atoms with Gasteiger partial charge in [0.15, 0.2) is 39.6 Å². The van der Waals surface area contributed by atoms with E-state index in [0.717, 1.165) is 52.3 Å². The van der Waals surface area contributed by atoms with Crippen LogP contribution in [-0.4, -0.2) is 57.9 Å². The van der Waals surface area contributed by atoms with Crippen molar-refractivity contribution in [1.82, 2.24) is 0 Å². The van der Waals surface area contributed by atoms with E-state index in [-0.39, 0.29) is 16.6 Å². The predicted octanol–water partition coefficient (Wildman–Crippen LogP) is 20.3. The van der Waals surface area contributed by atoms with Gasteiger partial charge in [-0.3, -0.25) is 0 Å². The largest absolute Gasteiger partial charge is 0.519 e. The minimum absolute atomic E-state index is 0.181. The number of carbonyl (C=O) groups is 3. The molecule has 0 radical (unpaired) electrons. The Kier molecular flexibility index (Phi) is 24.3. The summed E-state index contributed by atoms with van der Waals surface area (Å²) >= 11 is 0. The van der Waals surface area contributed by atoms with Crippen LogP contribution in [0, 0.1) is 6.92 Å². The summed E-state index contributed by atoms with van der Waals surface area (Å²) in [6, 6.07) is 63.2. The molecule has 92 heavy (non-hydrogen) atoms. The molecule has 0 aliphatic heterocycles. The molecule has 8 aromatic carbocycles. The molecule has 0 amide bonds. The Morgan fingerprint density at radius 3 is 1.03 bits per heavy atom. The van der Waals surface area contributed by atoms with Crippen LogP contribution in [0.1, 0.15) is 112 Å². The van der Waals surface area contributed by atoms with Gasteiger partial charge in [-0.25, -0.2) is 14.4 Å². The molecule has 0 unspecified atom stereocenters. The van der Waals surface area contributed by atoms with E-state index in [9.17, 15) is 14.4 Å². The molecule has 0 atom stereocenters. The lowest BCUT2D eigenvalue weighted by atomic mass is 9.78. The van der Waals surface area contributed by atoms with Crippen LogP contribution in [0.4, 0.5) is 14.4 Å². The molecule has 8 rings (SSSR count). The lowest BCUT2D eigenvalue weighted by Crippen LogP contribution is -2.52. The monoisotopic (exact) mass is 1300 g/mol. The highest BCUT2D eigenvalue weighted by molar-refractivity contribution is 6.87. The first-order valence-corrected chi connectivity index (χ1v) is 40.5. The zero-order valence-electron chi connectivity index (χ0n) is 56.5. The van der Waals surface area contributed by atoms with Crippen LogP contribution in [0.3, 0.4) is 0 Å². The number of ether oxygens (including phenoxy) is 8. The topological polar surface area (TPSA) is 144 Å². The Balaban J connectivity index is 0.000000261. The van der Waals surface area contributed by atoms with E-state index < -0.39 is 49.1 Å². The molecule has 8 aromatic rings. The summed E-state index contributed by atoms with van der Waals surface area (Å²) in [6.07, 6.45) is 1.82. The highest BCUT2D eigenvalue weighted by Crippen LogP contribution is 2.38. The molecule has 0 aromatic heterocycles. The highest BCUT2D eigenvalue weighted by Gasteiger charge is 2.39. The van der Waals surface area contributed by atoms with Gasteiger partial charge >= 0.3 is 27.0 Å². The standard InChI is InChI=1S/C40H38O7.C36H54O6Si3/c1-27-12-25-35(36(26-27)43-6)47-38(42)46-34-23-17-31(18-24-34)40(4,5)30-15-21-33(22-16-30)45-37(41)44-32-19-13-29(14-20-32)39(2,3)28-10-8-7-9-11-28;1-11-12-26-43(5,6)41-45(9,10)42-44(7,8)27-16-17-29-20-25-33(34(28-29)38-4)40-35(37)39-32-23-21-31(22-24-32)36(2,3)30-18-14-13-15-19-30/h7-26H,1-6H3;13-15,18-25,28H,11-12,16-17,26-27H2,1-10H3. The number of methoxy groups -OCH3 is 2. The second-order valence-electron chi connectivity index (χ2n) is 26.3. The number of rotatable bonds is 25. The zero-order chi connectivity index (χ0) is 66.9. The van der Waals surface area contributed by atoms with Crippen LogP contribution in [0.15, 0.2) is 194 Å². The van der Waals surface area contributed by atoms with Crippen molar-refractivity contribution < 1.29 is 60.5 Å². The van der Waals surface area contributed by atoms with Gasteiger partial charge in [-0.15, -0.1) is 0 Å². The van der Waals surface area contributed by atoms with Gasteiger partial charge < -0.3 is 46.1 Å². The first-order chi connectivity index (χ1) is 43.5. The molecule has 0 saturated heterocycles. The molecule has 0 N–H and O–H groups in total. The maximum atomic E-state index is 12.7. The summed E-state index contributed by atoms with van der Waals surface area (Å²) in [5.74, 6) is 3.07. The molecule has 486 valence electrons. The van der Waals surface area contributed by atoms with E-state index in [1.165, 1.54) is 37.1 Å². The molecule has 0 heterocycles.